The van der Waals surface area contributed by atoms with Crippen molar-refractivity contribution >= 4 is 51.2 Å². The molecule has 0 unspecified atom stereocenters. The van der Waals surface area contributed by atoms with Gasteiger partial charge in [0.1, 0.15) is 11.6 Å². The largest absolute Gasteiger partial charge is 0.444 e. The number of hydrogen-bond acceptors (Lipinski definition) is 3. The Balaban J connectivity index is 1.84. The SMILES string of the molecule is Cc1cc(I)ccc1NC(=O)[C@@H](Cc1c[nH]c2ccccc12)NC(=O)OC(C)(C)C. The highest BCUT2D eigenvalue weighted by molar-refractivity contribution is 14.1. The van der Waals surface area contributed by atoms with Crippen LogP contribution in [0.1, 0.15) is 31.9 Å². The number of H-pyrrole nitrogens is 1. The van der Waals surface area contributed by atoms with Crippen LogP contribution in [-0.2, 0) is 16.0 Å². The van der Waals surface area contributed by atoms with E-state index in [0.717, 1.165) is 31.3 Å². The number of carbonyl (C=O) groups excluding carboxylic acids is 2. The van der Waals surface area contributed by atoms with Gasteiger partial charge in [0.25, 0.3) is 0 Å². The summed E-state index contributed by atoms with van der Waals surface area (Å²) in [6.07, 6.45) is 1.58. The topological polar surface area (TPSA) is 83.2 Å². The molecule has 0 aliphatic heterocycles. The average Bonchev–Trinajstić information content (AvgIpc) is 3.05. The van der Waals surface area contributed by atoms with Gasteiger partial charge >= 0.3 is 6.09 Å². The molecule has 0 bridgehead atoms. The van der Waals surface area contributed by atoms with Crippen molar-refractivity contribution in [3.05, 3.63) is 63.4 Å². The number of para-hydroxylation sites is 1. The number of ether oxygens (including phenoxy) is 1. The normalized spacial score (nSPS) is 12.4. The standard InChI is InChI=1S/C23H26IN3O3/c1-14-11-16(24)9-10-18(14)26-21(28)20(27-22(29)30-23(2,3)4)12-15-13-25-19-8-6-5-7-17(15)19/h5-11,13,20,25H,12H2,1-4H3,(H,26,28)(H,27,29)/t20-/m1/s1. The molecule has 0 radical (unpaired) electrons. The number of nitrogens with one attached hydrogen (secondary N) is 3. The Kier molecular flexibility index (Phi) is 6.70. The Hall–Kier alpha value is -2.55. The van der Waals surface area contributed by atoms with Gasteiger partial charge in [-0.15, -0.1) is 0 Å². The van der Waals surface area contributed by atoms with E-state index >= 15 is 0 Å². The van der Waals surface area contributed by atoms with Gasteiger partial charge in [-0.25, -0.2) is 4.79 Å². The maximum atomic E-state index is 13.1. The number of halogens is 1. The van der Waals surface area contributed by atoms with E-state index in [1.165, 1.54) is 0 Å². The number of anilines is 1. The second-order valence-electron chi connectivity index (χ2n) is 8.21. The van der Waals surface area contributed by atoms with Crippen molar-refractivity contribution in [2.75, 3.05) is 5.32 Å². The van der Waals surface area contributed by atoms with Gasteiger partial charge in [0, 0.05) is 32.8 Å². The lowest BCUT2D eigenvalue weighted by atomic mass is 10.0. The molecule has 6 nitrogen and oxygen atoms in total. The Bertz CT molecular complexity index is 1070. The smallest absolute Gasteiger partial charge is 0.408 e. The molecule has 0 saturated heterocycles. The number of hydrogen-bond donors (Lipinski definition) is 3. The van der Waals surface area contributed by atoms with E-state index in [4.69, 9.17) is 4.74 Å². The lowest BCUT2D eigenvalue weighted by Crippen LogP contribution is -2.47. The van der Waals surface area contributed by atoms with Crippen molar-refractivity contribution in [2.24, 2.45) is 0 Å². The molecule has 2 amide bonds. The number of aromatic amines is 1. The number of aryl methyl sites for hydroxylation is 1. The third kappa shape index (κ3) is 5.75. The van der Waals surface area contributed by atoms with Crippen LogP contribution in [0.2, 0.25) is 0 Å². The van der Waals surface area contributed by atoms with Gasteiger partial charge in [-0.05, 0) is 85.7 Å². The van der Waals surface area contributed by atoms with Crippen LogP contribution >= 0.6 is 22.6 Å². The molecule has 0 aliphatic rings. The summed E-state index contributed by atoms with van der Waals surface area (Å²) in [5, 5.41) is 6.70. The number of amides is 2. The van der Waals surface area contributed by atoms with Crippen LogP contribution in [-0.4, -0.2) is 28.6 Å². The number of rotatable bonds is 5. The summed E-state index contributed by atoms with van der Waals surface area (Å²) in [6.45, 7) is 7.30. The molecule has 3 aromatic rings. The minimum absolute atomic E-state index is 0.296. The fraction of sp³-hybridized carbons (Fsp3) is 0.304. The minimum atomic E-state index is -0.794. The van der Waals surface area contributed by atoms with Gasteiger partial charge in [-0.1, -0.05) is 18.2 Å². The molecule has 30 heavy (non-hydrogen) atoms. The van der Waals surface area contributed by atoms with Crippen LogP contribution in [0.25, 0.3) is 10.9 Å². The average molecular weight is 519 g/mol. The lowest BCUT2D eigenvalue weighted by molar-refractivity contribution is -0.118. The van der Waals surface area contributed by atoms with E-state index in [1.807, 2.05) is 55.6 Å². The fourth-order valence-corrected chi connectivity index (χ4v) is 3.81. The van der Waals surface area contributed by atoms with Gasteiger partial charge in [-0.3, -0.25) is 4.79 Å². The van der Waals surface area contributed by atoms with Crippen molar-refractivity contribution in [2.45, 2.75) is 45.8 Å². The summed E-state index contributed by atoms with van der Waals surface area (Å²) in [4.78, 5) is 28.7. The van der Waals surface area contributed by atoms with Crippen LogP contribution in [0, 0.1) is 10.5 Å². The highest BCUT2D eigenvalue weighted by Crippen LogP contribution is 2.21. The molecule has 0 saturated carbocycles. The lowest BCUT2D eigenvalue weighted by Gasteiger charge is -2.23. The van der Waals surface area contributed by atoms with Crippen molar-refractivity contribution in [1.82, 2.24) is 10.3 Å². The molecule has 158 valence electrons. The van der Waals surface area contributed by atoms with Crippen molar-refractivity contribution in [3.63, 3.8) is 0 Å². The van der Waals surface area contributed by atoms with Gasteiger partial charge in [-0.2, -0.15) is 0 Å². The molecule has 0 spiro atoms. The summed E-state index contributed by atoms with van der Waals surface area (Å²) in [5.74, 6) is -0.296. The predicted octanol–water partition coefficient (Wildman–Crippen LogP) is 5.16. The number of alkyl carbamates (subject to hydrolysis) is 1. The van der Waals surface area contributed by atoms with Crippen LogP contribution in [0.4, 0.5) is 10.5 Å². The zero-order valence-corrected chi connectivity index (χ0v) is 19.7. The Morgan fingerprint density at radius 3 is 2.60 bits per heavy atom. The van der Waals surface area contributed by atoms with Crippen molar-refractivity contribution in [1.29, 1.82) is 0 Å². The maximum Gasteiger partial charge on any atom is 0.408 e. The van der Waals surface area contributed by atoms with Crippen molar-refractivity contribution < 1.29 is 14.3 Å². The summed E-state index contributed by atoms with van der Waals surface area (Å²) < 4.78 is 6.46. The molecule has 0 fully saturated rings. The second-order valence-corrected chi connectivity index (χ2v) is 9.46. The maximum absolute atomic E-state index is 13.1. The first-order valence-corrected chi connectivity index (χ1v) is 10.8. The molecule has 7 heteroatoms. The summed E-state index contributed by atoms with van der Waals surface area (Å²) >= 11 is 2.23. The van der Waals surface area contributed by atoms with Gasteiger partial charge in [0.2, 0.25) is 5.91 Å². The first kappa shape index (κ1) is 22.1. The molecule has 0 aliphatic carbocycles. The number of benzene rings is 2. The highest BCUT2D eigenvalue weighted by atomic mass is 127. The molecule has 3 rings (SSSR count). The number of carbonyl (C=O) groups is 2. The van der Waals surface area contributed by atoms with E-state index < -0.39 is 17.7 Å². The van der Waals surface area contributed by atoms with E-state index in [2.05, 4.69) is 38.2 Å². The molecule has 1 aromatic heterocycles. The molecular formula is C23H26IN3O3. The quantitative estimate of drug-likeness (QED) is 0.408. The van der Waals surface area contributed by atoms with Crippen molar-refractivity contribution in [3.8, 4) is 0 Å². The third-order valence-corrected chi connectivity index (χ3v) is 5.22. The summed E-state index contributed by atoms with van der Waals surface area (Å²) in [6, 6.07) is 12.9. The Morgan fingerprint density at radius 2 is 1.90 bits per heavy atom. The first-order chi connectivity index (χ1) is 14.1. The number of fused-ring (bicyclic) bond motifs is 1. The van der Waals surface area contributed by atoms with Crippen LogP contribution < -0.4 is 10.6 Å². The molecule has 1 atom stereocenters. The van der Waals surface area contributed by atoms with E-state index in [0.29, 0.717) is 6.42 Å². The fourth-order valence-electron chi connectivity index (χ4n) is 3.17. The van der Waals surface area contributed by atoms with Crippen LogP contribution in [0.3, 0.4) is 0 Å². The zero-order valence-electron chi connectivity index (χ0n) is 17.5. The highest BCUT2D eigenvalue weighted by Gasteiger charge is 2.26. The summed E-state index contributed by atoms with van der Waals surface area (Å²) in [7, 11) is 0. The molecule has 1 heterocycles. The monoisotopic (exact) mass is 519 g/mol. The van der Waals surface area contributed by atoms with E-state index in [1.54, 1.807) is 20.8 Å². The predicted molar refractivity (Wildman–Crippen MR) is 128 cm³/mol. The van der Waals surface area contributed by atoms with Gasteiger partial charge < -0.3 is 20.4 Å². The van der Waals surface area contributed by atoms with Gasteiger partial charge in [0.05, 0.1) is 0 Å². The van der Waals surface area contributed by atoms with Gasteiger partial charge in [0.15, 0.2) is 0 Å². The minimum Gasteiger partial charge on any atom is -0.444 e. The first-order valence-electron chi connectivity index (χ1n) is 9.74. The Morgan fingerprint density at radius 1 is 1.17 bits per heavy atom. The van der Waals surface area contributed by atoms with E-state index in [-0.39, 0.29) is 5.91 Å². The molecular weight excluding hydrogens is 493 g/mol. The van der Waals surface area contributed by atoms with E-state index in [9.17, 15) is 9.59 Å². The third-order valence-electron chi connectivity index (χ3n) is 4.55. The molecule has 2 aromatic carbocycles. The van der Waals surface area contributed by atoms with Crippen LogP contribution in [0.5, 0.6) is 0 Å². The summed E-state index contributed by atoms with van der Waals surface area (Å²) in [5.41, 5.74) is 2.95. The second kappa shape index (κ2) is 9.07. The molecule has 3 N–H and O–H groups in total. The Labute approximate surface area is 189 Å². The zero-order chi connectivity index (χ0) is 21.9. The number of aromatic nitrogens is 1. The van der Waals surface area contributed by atoms with Crippen LogP contribution in [0.15, 0.2) is 48.7 Å².